The number of rotatable bonds is 6. The van der Waals surface area contributed by atoms with Crippen molar-refractivity contribution in [2.24, 2.45) is 5.10 Å². The second-order valence-electron chi connectivity index (χ2n) is 5.66. The molecule has 0 N–H and O–H groups in total. The molecule has 0 aliphatic carbocycles. The zero-order valence-corrected chi connectivity index (χ0v) is 11.8. The summed E-state index contributed by atoms with van der Waals surface area (Å²) in [5.41, 5.74) is -0.292. The SMILES string of the molecule is CCCCCCN1N=CN(C(C)(C)C)C1[N+](=O)[O-]. The summed E-state index contributed by atoms with van der Waals surface area (Å²) in [4.78, 5) is 12.6. The topological polar surface area (TPSA) is 62.0 Å². The smallest absolute Gasteiger partial charge is 0.274 e. The highest BCUT2D eigenvalue weighted by atomic mass is 16.6. The molecule has 6 heteroatoms. The van der Waals surface area contributed by atoms with E-state index in [0.29, 0.717) is 6.54 Å². The van der Waals surface area contributed by atoms with Gasteiger partial charge in [-0.05, 0) is 27.2 Å². The first-order valence-corrected chi connectivity index (χ1v) is 6.60. The number of hydrogen-bond acceptors (Lipinski definition) is 5. The van der Waals surface area contributed by atoms with E-state index < -0.39 is 6.29 Å². The monoisotopic (exact) mass is 256 g/mol. The van der Waals surface area contributed by atoms with Crippen LogP contribution in [0.1, 0.15) is 53.4 Å². The minimum atomic E-state index is -0.855. The number of nitrogens with zero attached hydrogens (tertiary/aromatic N) is 4. The van der Waals surface area contributed by atoms with Crippen LogP contribution in [0.25, 0.3) is 0 Å². The van der Waals surface area contributed by atoms with Gasteiger partial charge in [-0.3, -0.25) is 15.0 Å². The molecule has 18 heavy (non-hydrogen) atoms. The first-order chi connectivity index (χ1) is 8.38. The summed E-state index contributed by atoms with van der Waals surface area (Å²) in [6, 6.07) is 0. The van der Waals surface area contributed by atoms with Gasteiger partial charge in [0.25, 0.3) is 0 Å². The molecule has 1 aliphatic heterocycles. The molecule has 0 amide bonds. The lowest BCUT2D eigenvalue weighted by molar-refractivity contribution is -0.574. The Labute approximate surface area is 109 Å². The summed E-state index contributed by atoms with van der Waals surface area (Å²) in [6.45, 7) is 8.66. The van der Waals surface area contributed by atoms with Crippen LogP contribution in [0.15, 0.2) is 5.10 Å². The van der Waals surface area contributed by atoms with E-state index in [-0.39, 0.29) is 10.5 Å². The Morgan fingerprint density at radius 3 is 2.50 bits per heavy atom. The predicted molar refractivity (Wildman–Crippen MR) is 71.7 cm³/mol. The van der Waals surface area contributed by atoms with E-state index in [9.17, 15) is 10.1 Å². The van der Waals surface area contributed by atoms with Crippen molar-refractivity contribution in [2.45, 2.75) is 65.2 Å². The van der Waals surface area contributed by atoms with E-state index >= 15 is 0 Å². The van der Waals surface area contributed by atoms with Crippen molar-refractivity contribution in [3.8, 4) is 0 Å². The Bertz CT molecular complexity index is 312. The van der Waals surface area contributed by atoms with Gasteiger partial charge in [-0.1, -0.05) is 26.2 Å². The zero-order chi connectivity index (χ0) is 13.8. The third-order valence-electron chi connectivity index (χ3n) is 3.04. The molecule has 0 saturated heterocycles. The first-order valence-electron chi connectivity index (χ1n) is 6.60. The van der Waals surface area contributed by atoms with Gasteiger partial charge >= 0.3 is 6.29 Å². The average Bonchev–Trinajstić information content (AvgIpc) is 2.67. The van der Waals surface area contributed by atoms with Gasteiger partial charge in [0.05, 0.1) is 4.92 Å². The Hall–Kier alpha value is -1.33. The molecular formula is C12H24N4O2. The summed E-state index contributed by atoms with van der Waals surface area (Å²) in [6.07, 6.45) is 5.12. The third kappa shape index (κ3) is 3.58. The molecule has 0 fully saturated rings. The molecule has 1 aliphatic rings. The molecule has 1 rings (SSSR count). The Morgan fingerprint density at radius 1 is 1.33 bits per heavy atom. The second-order valence-corrected chi connectivity index (χ2v) is 5.66. The fourth-order valence-corrected chi connectivity index (χ4v) is 1.99. The van der Waals surface area contributed by atoms with Crippen LogP contribution in [0.3, 0.4) is 0 Å². The van der Waals surface area contributed by atoms with Gasteiger partial charge in [0.2, 0.25) is 0 Å². The summed E-state index contributed by atoms with van der Waals surface area (Å²) >= 11 is 0. The highest BCUT2D eigenvalue weighted by molar-refractivity contribution is 5.57. The van der Waals surface area contributed by atoms with Crippen LogP contribution in [0.5, 0.6) is 0 Å². The number of unbranched alkanes of at least 4 members (excludes halogenated alkanes) is 3. The average molecular weight is 256 g/mol. The van der Waals surface area contributed by atoms with Crippen LogP contribution < -0.4 is 0 Å². The molecule has 104 valence electrons. The minimum Gasteiger partial charge on any atom is -0.274 e. The van der Waals surface area contributed by atoms with Crippen LogP contribution >= 0.6 is 0 Å². The van der Waals surface area contributed by atoms with E-state index in [1.165, 1.54) is 6.42 Å². The zero-order valence-electron chi connectivity index (χ0n) is 11.8. The van der Waals surface area contributed by atoms with E-state index in [2.05, 4.69) is 12.0 Å². The minimum absolute atomic E-state index is 0.266. The van der Waals surface area contributed by atoms with Gasteiger partial charge in [0, 0.05) is 12.1 Å². The van der Waals surface area contributed by atoms with Crippen LogP contribution in [0.2, 0.25) is 0 Å². The van der Waals surface area contributed by atoms with E-state index in [1.807, 2.05) is 20.8 Å². The number of nitro groups is 1. The van der Waals surface area contributed by atoms with Crippen molar-refractivity contribution in [1.82, 2.24) is 9.91 Å². The fourth-order valence-electron chi connectivity index (χ4n) is 1.99. The van der Waals surface area contributed by atoms with E-state index in [1.54, 1.807) is 16.2 Å². The first kappa shape index (κ1) is 14.7. The highest BCUT2D eigenvalue weighted by Crippen LogP contribution is 2.23. The standard InChI is InChI=1S/C12H24N4O2/c1-5-6-7-8-9-15-11(16(17)18)14(10-13-15)12(2,3)4/h10-11H,5-9H2,1-4H3. The lowest BCUT2D eigenvalue weighted by Crippen LogP contribution is -2.53. The summed E-state index contributed by atoms with van der Waals surface area (Å²) in [7, 11) is 0. The van der Waals surface area contributed by atoms with Crippen molar-refractivity contribution in [3.05, 3.63) is 10.1 Å². The molecule has 6 nitrogen and oxygen atoms in total. The van der Waals surface area contributed by atoms with Crippen molar-refractivity contribution >= 4 is 6.34 Å². The van der Waals surface area contributed by atoms with Crippen molar-refractivity contribution in [1.29, 1.82) is 0 Å². The molecular weight excluding hydrogens is 232 g/mol. The predicted octanol–water partition coefficient (Wildman–Crippen LogP) is 2.49. The number of hydrogen-bond donors (Lipinski definition) is 0. The molecule has 0 bridgehead atoms. The van der Waals surface area contributed by atoms with Crippen LogP contribution in [-0.2, 0) is 0 Å². The lowest BCUT2D eigenvalue weighted by atomic mass is 10.1. The van der Waals surface area contributed by atoms with Crippen molar-refractivity contribution in [3.63, 3.8) is 0 Å². The molecule has 0 aromatic carbocycles. The molecule has 0 aromatic rings. The Morgan fingerprint density at radius 2 is 2.00 bits per heavy atom. The van der Waals surface area contributed by atoms with Gasteiger partial charge in [0.15, 0.2) is 0 Å². The summed E-state index contributed by atoms with van der Waals surface area (Å²) in [5.74, 6) is 0. The molecule has 0 spiro atoms. The van der Waals surface area contributed by atoms with Crippen LogP contribution in [-0.4, -0.2) is 39.5 Å². The quantitative estimate of drug-likeness (QED) is 0.416. The Balaban J connectivity index is 2.59. The van der Waals surface area contributed by atoms with Crippen LogP contribution in [0.4, 0.5) is 0 Å². The number of hydrazone groups is 1. The highest BCUT2D eigenvalue weighted by Gasteiger charge is 2.42. The normalized spacial score (nSPS) is 19.7. The summed E-state index contributed by atoms with van der Waals surface area (Å²) in [5, 5.41) is 17.0. The third-order valence-corrected chi connectivity index (χ3v) is 3.04. The van der Waals surface area contributed by atoms with Gasteiger partial charge < -0.3 is 0 Å². The van der Waals surface area contributed by atoms with Gasteiger partial charge in [-0.2, -0.15) is 5.10 Å². The second kappa shape index (κ2) is 6.02. The fraction of sp³-hybridized carbons (Fsp3) is 0.917. The molecule has 1 atom stereocenters. The van der Waals surface area contributed by atoms with Gasteiger partial charge in [-0.15, -0.1) is 0 Å². The molecule has 0 saturated carbocycles. The lowest BCUT2D eigenvalue weighted by Gasteiger charge is -2.33. The Kier molecular flexibility index (Phi) is 4.93. The molecule has 1 heterocycles. The molecule has 0 aromatic heterocycles. The van der Waals surface area contributed by atoms with E-state index in [4.69, 9.17) is 0 Å². The van der Waals surface area contributed by atoms with Crippen molar-refractivity contribution < 1.29 is 4.92 Å². The molecule has 0 radical (unpaired) electrons. The van der Waals surface area contributed by atoms with Crippen molar-refractivity contribution in [2.75, 3.05) is 6.54 Å². The van der Waals surface area contributed by atoms with Gasteiger partial charge in [0.1, 0.15) is 6.34 Å². The maximum atomic E-state index is 11.2. The molecule has 1 unspecified atom stereocenters. The summed E-state index contributed by atoms with van der Waals surface area (Å²) < 4.78 is 0. The van der Waals surface area contributed by atoms with E-state index in [0.717, 1.165) is 19.3 Å². The van der Waals surface area contributed by atoms with Crippen LogP contribution in [0, 0.1) is 10.1 Å². The maximum absolute atomic E-state index is 11.2. The van der Waals surface area contributed by atoms with Gasteiger partial charge in [-0.25, -0.2) is 5.01 Å². The largest absolute Gasteiger partial charge is 0.384 e. The maximum Gasteiger partial charge on any atom is 0.384 e.